The van der Waals surface area contributed by atoms with E-state index in [4.69, 9.17) is 0 Å². The van der Waals surface area contributed by atoms with E-state index in [-0.39, 0.29) is 0 Å². The summed E-state index contributed by atoms with van der Waals surface area (Å²) in [5, 5.41) is 15.0. The molecule has 2 aromatic rings. The molecule has 6 nitrogen and oxygen atoms in total. The number of benzene rings is 1. The van der Waals surface area contributed by atoms with Crippen molar-refractivity contribution in [3.8, 4) is 6.07 Å². The lowest BCUT2D eigenvalue weighted by atomic mass is 10.1. The summed E-state index contributed by atoms with van der Waals surface area (Å²) in [5.41, 5.74) is 4.18. The van der Waals surface area contributed by atoms with Gasteiger partial charge in [0.25, 0.3) is 0 Å². The second-order valence-electron chi connectivity index (χ2n) is 4.70. The van der Waals surface area contributed by atoms with Crippen LogP contribution in [0, 0.1) is 25.2 Å². The fourth-order valence-corrected chi connectivity index (χ4v) is 2.03. The number of carbonyl (C=O) groups excluding carboxylic acids is 1. The lowest BCUT2D eigenvalue weighted by Crippen LogP contribution is -2.10. The number of nitrogens with zero attached hydrogens (tertiary/aromatic N) is 2. The van der Waals surface area contributed by atoms with Gasteiger partial charge in [-0.25, -0.2) is 4.79 Å². The molecule has 112 valence electrons. The van der Waals surface area contributed by atoms with Crippen molar-refractivity contribution in [1.82, 2.24) is 4.98 Å². The number of ether oxygens (including phenoxy) is 1. The van der Waals surface area contributed by atoms with Crippen molar-refractivity contribution < 1.29 is 9.53 Å². The molecule has 0 atom stereocenters. The van der Waals surface area contributed by atoms with Gasteiger partial charge in [-0.15, -0.1) is 0 Å². The SMILES string of the molecule is COC(=O)Nc1ccc(Nc2cc(C)nc(C)c2C#N)cc1. The number of amides is 1. The number of hydrogen-bond donors (Lipinski definition) is 2. The van der Waals surface area contributed by atoms with Crippen molar-refractivity contribution in [2.24, 2.45) is 0 Å². The average Bonchev–Trinajstić information content (AvgIpc) is 2.48. The zero-order chi connectivity index (χ0) is 16.1. The Morgan fingerprint density at radius 3 is 2.45 bits per heavy atom. The molecule has 0 aliphatic heterocycles. The molecule has 0 unspecified atom stereocenters. The highest BCUT2D eigenvalue weighted by molar-refractivity contribution is 5.84. The smallest absolute Gasteiger partial charge is 0.411 e. The summed E-state index contributed by atoms with van der Waals surface area (Å²) in [7, 11) is 1.31. The summed E-state index contributed by atoms with van der Waals surface area (Å²) in [6, 6.07) is 11.1. The number of hydrogen-bond acceptors (Lipinski definition) is 5. The van der Waals surface area contributed by atoms with Gasteiger partial charge in [-0.1, -0.05) is 0 Å². The van der Waals surface area contributed by atoms with Crippen molar-refractivity contribution >= 4 is 23.2 Å². The van der Waals surface area contributed by atoms with Crippen molar-refractivity contribution in [3.05, 3.63) is 47.3 Å². The highest BCUT2D eigenvalue weighted by Gasteiger charge is 2.08. The van der Waals surface area contributed by atoms with E-state index in [0.29, 0.717) is 22.6 Å². The second kappa shape index (κ2) is 6.59. The van der Waals surface area contributed by atoms with Crippen molar-refractivity contribution in [1.29, 1.82) is 5.26 Å². The molecule has 0 fully saturated rings. The zero-order valence-electron chi connectivity index (χ0n) is 12.6. The Hall–Kier alpha value is -3.07. The predicted octanol–water partition coefficient (Wildman–Crippen LogP) is 3.49. The molecule has 1 heterocycles. The Morgan fingerprint density at radius 1 is 1.23 bits per heavy atom. The third kappa shape index (κ3) is 3.52. The minimum atomic E-state index is -0.521. The minimum absolute atomic E-state index is 0.516. The van der Waals surface area contributed by atoms with Crippen molar-refractivity contribution in [2.75, 3.05) is 17.7 Å². The highest BCUT2D eigenvalue weighted by Crippen LogP contribution is 2.24. The number of anilines is 3. The van der Waals surface area contributed by atoms with Gasteiger partial charge in [0.05, 0.1) is 24.1 Å². The Kier molecular flexibility index (Phi) is 4.59. The van der Waals surface area contributed by atoms with E-state index in [2.05, 4.69) is 26.4 Å². The van der Waals surface area contributed by atoms with Crippen LogP contribution >= 0.6 is 0 Å². The molecule has 1 amide bonds. The number of carbonyl (C=O) groups is 1. The van der Waals surface area contributed by atoms with E-state index >= 15 is 0 Å². The van der Waals surface area contributed by atoms with Crippen LogP contribution in [0.1, 0.15) is 17.0 Å². The van der Waals surface area contributed by atoms with Crippen LogP contribution in [0.3, 0.4) is 0 Å². The van der Waals surface area contributed by atoms with Gasteiger partial charge in [0.15, 0.2) is 0 Å². The minimum Gasteiger partial charge on any atom is -0.453 e. The van der Waals surface area contributed by atoms with Gasteiger partial charge in [0.2, 0.25) is 0 Å². The largest absolute Gasteiger partial charge is 0.453 e. The number of pyridine rings is 1. The molecule has 0 radical (unpaired) electrons. The first kappa shape index (κ1) is 15.3. The molecule has 1 aromatic heterocycles. The summed E-state index contributed by atoms with van der Waals surface area (Å²) < 4.78 is 4.53. The first-order valence-electron chi connectivity index (χ1n) is 6.64. The highest BCUT2D eigenvalue weighted by atomic mass is 16.5. The normalized spacial score (nSPS) is 9.73. The summed E-state index contributed by atoms with van der Waals surface area (Å²) in [5.74, 6) is 0. The van der Waals surface area contributed by atoms with Gasteiger partial charge in [-0.05, 0) is 44.2 Å². The van der Waals surface area contributed by atoms with E-state index in [1.54, 1.807) is 31.2 Å². The van der Waals surface area contributed by atoms with Gasteiger partial charge in [0, 0.05) is 17.1 Å². The molecule has 0 saturated heterocycles. The molecule has 2 rings (SSSR count). The molecule has 1 aromatic carbocycles. The third-order valence-electron chi connectivity index (χ3n) is 3.04. The van der Waals surface area contributed by atoms with Gasteiger partial charge >= 0.3 is 6.09 Å². The average molecular weight is 296 g/mol. The molecule has 6 heteroatoms. The fourth-order valence-electron chi connectivity index (χ4n) is 2.03. The van der Waals surface area contributed by atoms with Crippen LogP contribution in [0.2, 0.25) is 0 Å². The molecule has 0 saturated carbocycles. The van der Waals surface area contributed by atoms with Gasteiger partial charge in [0.1, 0.15) is 6.07 Å². The summed E-state index contributed by atoms with van der Waals surface area (Å²) in [4.78, 5) is 15.4. The maximum absolute atomic E-state index is 11.1. The standard InChI is InChI=1S/C16H16N4O2/c1-10-8-15(14(9-17)11(2)18-10)19-12-4-6-13(7-5-12)20-16(21)22-3/h4-8H,1-3H3,(H,18,19)(H,20,21). The number of nitrogens with one attached hydrogen (secondary N) is 2. The Bertz CT molecular complexity index is 733. The predicted molar refractivity (Wildman–Crippen MR) is 84.2 cm³/mol. The molecular formula is C16H16N4O2. The van der Waals surface area contributed by atoms with E-state index in [1.807, 2.05) is 13.0 Å². The first-order chi connectivity index (χ1) is 10.5. The lowest BCUT2D eigenvalue weighted by Gasteiger charge is -2.11. The number of nitriles is 1. The van der Waals surface area contributed by atoms with Crippen LogP contribution in [-0.4, -0.2) is 18.2 Å². The Balaban J connectivity index is 2.21. The maximum atomic E-state index is 11.1. The molecule has 22 heavy (non-hydrogen) atoms. The molecule has 0 aliphatic rings. The quantitative estimate of drug-likeness (QED) is 0.905. The topological polar surface area (TPSA) is 87.0 Å². The van der Waals surface area contributed by atoms with Crippen LogP contribution in [0.25, 0.3) is 0 Å². The number of aromatic nitrogens is 1. The van der Waals surface area contributed by atoms with Crippen LogP contribution in [0.4, 0.5) is 21.9 Å². The summed E-state index contributed by atoms with van der Waals surface area (Å²) in [6.07, 6.45) is -0.521. The van der Waals surface area contributed by atoms with Crippen LogP contribution in [-0.2, 0) is 4.74 Å². The fraction of sp³-hybridized carbons (Fsp3) is 0.188. The summed E-state index contributed by atoms with van der Waals surface area (Å²) >= 11 is 0. The molecule has 0 bridgehead atoms. The first-order valence-corrected chi connectivity index (χ1v) is 6.64. The molecular weight excluding hydrogens is 280 g/mol. The molecule has 2 N–H and O–H groups in total. The van der Waals surface area contributed by atoms with E-state index in [0.717, 1.165) is 11.4 Å². The summed E-state index contributed by atoms with van der Waals surface area (Å²) in [6.45, 7) is 3.68. The van der Waals surface area contributed by atoms with Gasteiger partial charge in [-0.2, -0.15) is 5.26 Å². The van der Waals surface area contributed by atoms with E-state index in [9.17, 15) is 10.1 Å². The zero-order valence-corrected chi connectivity index (χ0v) is 12.6. The van der Waals surface area contributed by atoms with Crippen LogP contribution in [0.5, 0.6) is 0 Å². The van der Waals surface area contributed by atoms with Crippen LogP contribution < -0.4 is 10.6 Å². The monoisotopic (exact) mass is 296 g/mol. The lowest BCUT2D eigenvalue weighted by molar-refractivity contribution is 0.187. The Labute approximate surface area is 128 Å². The number of aryl methyl sites for hydroxylation is 2. The van der Waals surface area contributed by atoms with E-state index in [1.165, 1.54) is 7.11 Å². The number of methoxy groups -OCH3 is 1. The maximum Gasteiger partial charge on any atom is 0.411 e. The Morgan fingerprint density at radius 2 is 1.86 bits per heavy atom. The van der Waals surface area contributed by atoms with Crippen LogP contribution in [0.15, 0.2) is 30.3 Å². The van der Waals surface area contributed by atoms with Crippen molar-refractivity contribution in [3.63, 3.8) is 0 Å². The van der Waals surface area contributed by atoms with Gasteiger partial charge in [-0.3, -0.25) is 10.3 Å². The molecule has 0 aliphatic carbocycles. The van der Waals surface area contributed by atoms with Crippen molar-refractivity contribution in [2.45, 2.75) is 13.8 Å². The number of rotatable bonds is 3. The molecule has 0 spiro atoms. The van der Waals surface area contributed by atoms with E-state index < -0.39 is 6.09 Å². The van der Waals surface area contributed by atoms with Gasteiger partial charge < -0.3 is 10.1 Å². The second-order valence-corrected chi connectivity index (χ2v) is 4.70. The third-order valence-corrected chi connectivity index (χ3v) is 3.04.